The number of nitrogens with zero attached hydrogens (tertiary/aromatic N) is 5. The third-order valence-corrected chi connectivity index (χ3v) is 5.75. The van der Waals surface area contributed by atoms with E-state index in [0.717, 1.165) is 17.7 Å². The van der Waals surface area contributed by atoms with Crippen LogP contribution in [-0.4, -0.2) is 25.2 Å². The first kappa shape index (κ1) is 20.0. The second-order valence-corrected chi connectivity index (χ2v) is 7.79. The van der Waals surface area contributed by atoms with E-state index in [4.69, 9.17) is 0 Å². The minimum Gasteiger partial charge on any atom is -0.312 e. The van der Waals surface area contributed by atoms with Crippen LogP contribution in [0.3, 0.4) is 0 Å². The summed E-state index contributed by atoms with van der Waals surface area (Å²) in [5.41, 5.74) is 1.77. The predicted molar refractivity (Wildman–Crippen MR) is 123 cm³/mol. The number of anilines is 2. The van der Waals surface area contributed by atoms with Gasteiger partial charge in [-0.1, -0.05) is 42.5 Å². The number of imidazole rings is 1. The lowest BCUT2D eigenvalue weighted by Crippen LogP contribution is -2.39. The predicted octanol–water partition coefficient (Wildman–Crippen LogP) is 3.29. The highest BCUT2D eigenvalue weighted by molar-refractivity contribution is 5.77. The fourth-order valence-corrected chi connectivity index (χ4v) is 4.15. The van der Waals surface area contributed by atoms with Gasteiger partial charge in [0.1, 0.15) is 5.82 Å². The van der Waals surface area contributed by atoms with Crippen LogP contribution < -0.4 is 16.1 Å². The van der Waals surface area contributed by atoms with Gasteiger partial charge in [0.05, 0.1) is 0 Å². The average molecular weight is 431 g/mol. The molecule has 0 bridgehead atoms. The van der Waals surface area contributed by atoms with Crippen molar-refractivity contribution < 1.29 is 4.39 Å². The van der Waals surface area contributed by atoms with Crippen molar-refractivity contribution in [2.24, 2.45) is 7.05 Å². The molecule has 0 spiro atoms. The maximum Gasteiger partial charge on any atom is 0.332 e. The molecule has 4 aromatic rings. The first-order chi connectivity index (χ1) is 15.5. The minimum atomic E-state index is -0.413. The van der Waals surface area contributed by atoms with Gasteiger partial charge in [-0.15, -0.1) is 0 Å². The molecule has 2 aromatic heterocycles. The van der Waals surface area contributed by atoms with Gasteiger partial charge in [-0.2, -0.15) is 4.98 Å². The molecule has 0 saturated heterocycles. The van der Waals surface area contributed by atoms with Crippen LogP contribution in [0.25, 0.3) is 17.2 Å². The van der Waals surface area contributed by atoms with Crippen LogP contribution in [0.2, 0.25) is 0 Å². The summed E-state index contributed by atoms with van der Waals surface area (Å²) in [7, 11) is 1.63. The van der Waals surface area contributed by atoms with Gasteiger partial charge in [-0.05, 0) is 36.2 Å². The number of hydrogen-bond donors (Lipinski definition) is 0. The Bertz CT molecular complexity index is 1430. The number of fused-ring (bicyclic) bond motifs is 3. The summed E-state index contributed by atoms with van der Waals surface area (Å²) in [5, 5.41) is 0. The van der Waals surface area contributed by atoms with Gasteiger partial charge in [-0.3, -0.25) is 13.9 Å². The third-order valence-electron chi connectivity index (χ3n) is 5.75. The van der Waals surface area contributed by atoms with Crippen LogP contribution in [0.4, 0.5) is 16.0 Å². The molecule has 1 aliphatic rings. The number of hydrogen-bond acceptors (Lipinski definition) is 4. The van der Waals surface area contributed by atoms with Crippen molar-refractivity contribution in [3.8, 4) is 0 Å². The number of benzene rings is 2. The molecule has 0 radical (unpaired) electrons. The lowest BCUT2D eigenvalue weighted by Gasteiger charge is -2.29. The first-order valence-corrected chi connectivity index (χ1v) is 10.5. The Morgan fingerprint density at radius 2 is 1.78 bits per heavy atom. The molecule has 7 nitrogen and oxygen atoms in total. The molecule has 0 saturated carbocycles. The molecule has 2 aromatic carbocycles. The lowest BCUT2D eigenvalue weighted by molar-refractivity contribution is 0.597. The minimum absolute atomic E-state index is 0.165. The van der Waals surface area contributed by atoms with Crippen molar-refractivity contribution in [1.82, 2.24) is 18.7 Å². The molecule has 32 heavy (non-hydrogen) atoms. The SMILES string of the molecule is Cn1c(=O)n(CC=Cc2ccccc2)c(=O)c2c1nc1n2CCCN1c1ccc(F)cc1. The summed E-state index contributed by atoms with van der Waals surface area (Å²) in [5.74, 6) is 0.274. The van der Waals surface area contributed by atoms with Gasteiger partial charge in [0.2, 0.25) is 5.95 Å². The van der Waals surface area contributed by atoms with Gasteiger partial charge in [-0.25, -0.2) is 9.18 Å². The highest BCUT2D eigenvalue weighted by Crippen LogP contribution is 2.30. The molecule has 0 aliphatic carbocycles. The van der Waals surface area contributed by atoms with E-state index in [-0.39, 0.29) is 17.9 Å². The quantitative estimate of drug-likeness (QED) is 0.497. The zero-order chi connectivity index (χ0) is 22.2. The second kappa shape index (κ2) is 7.96. The molecular formula is C24H22FN5O2. The molecule has 3 heterocycles. The van der Waals surface area contributed by atoms with E-state index >= 15 is 0 Å². The Balaban J connectivity index is 1.60. The third kappa shape index (κ3) is 3.33. The Hall–Kier alpha value is -3.94. The Morgan fingerprint density at radius 3 is 2.53 bits per heavy atom. The molecule has 162 valence electrons. The van der Waals surface area contributed by atoms with Gasteiger partial charge in [0, 0.05) is 32.4 Å². The van der Waals surface area contributed by atoms with Crippen molar-refractivity contribution in [3.63, 3.8) is 0 Å². The smallest absolute Gasteiger partial charge is 0.312 e. The molecule has 0 atom stereocenters. The maximum absolute atomic E-state index is 13.4. The average Bonchev–Trinajstić information content (AvgIpc) is 3.21. The molecular weight excluding hydrogens is 409 g/mol. The van der Waals surface area contributed by atoms with E-state index in [1.54, 1.807) is 19.2 Å². The van der Waals surface area contributed by atoms with E-state index in [9.17, 15) is 14.0 Å². The number of halogens is 1. The standard InChI is InChI=1S/C24H22FN5O2/c1-27-21-20(22(31)30(24(27)32)14-5-9-17-7-3-2-4-8-17)29-16-6-15-28(23(29)26-21)19-12-10-18(25)11-13-19/h2-5,7-13H,6,14-16H2,1H3. The lowest BCUT2D eigenvalue weighted by atomic mass is 10.2. The normalized spacial score (nSPS) is 13.8. The second-order valence-electron chi connectivity index (χ2n) is 7.79. The van der Waals surface area contributed by atoms with Crippen LogP contribution >= 0.6 is 0 Å². The van der Waals surface area contributed by atoms with E-state index in [1.165, 1.54) is 21.3 Å². The summed E-state index contributed by atoms with van der Waals surface area (Å²) < 4.78 is 17.9. The first-order valence-electron chi connectivity index (χ1n) is 10.5. The summed E-state index contributed by atoms with van der Waals surface area (Å²) >= 11 is 0. The summed E-state index contributed by atoms with van der Waals surface area (Å²) in [6, 6.07) is 15.9. The molecule has 8 heteroatoms. The maximum atomic E-state index is 13.4. The van der Waals surface area contributed by atoms with Crippen molar-refractivity contribution >= 4 is 28.9 Å². The molecule has 0 N–H and O–H groups in total. The van der Waals surface area contributed by atoms with Crippen LogP contribution in [-0.2, 0) is 20.1 Å². The Morgan fingerprint density at radius 1 is 1.03 bits per heavy atom. The fraction of sp³-hybridized carbons (Fsp3) is 0.208. The molecule has 0 fully saturated rings. The zero-order valence-corrected chi connectivity index (χ0v) is 17.6. The van der Waals surface area contributed by atoms with E-state index in [2.05, 4.69) is 4.98 Å². The van der Waals surface area contributed by atoms with Gasteiger partial charge < -0.3 is 9.47 Å². The van der Waals surface area contributed by atoms with Crippen molar-refractivity contribution in [2.45, 2.75) is 19.5 Å². The van der Waals surface area contributed by atoms with Gasteiger partial charge >= 0.3 is 5.69 Å². The van der Waals surface area contributed by atoms with Crippen molar-refractivity contribution in [3.05, 3.63) is 92.9 Å². The molecule has 1 aliphatic heterocycles. The van der Waals surface area contributed by atoms with Crippen LogP contribution in [0.15, 0.2) is 70.3 Å². The largest absolute Gasteiger partial charge is 0.332 e. The Labute approximate surface area is 183 Å². The fourth-order valence-electron chi connectivity index (χ4n) is 4.15. The van der Waals surface area contributed by atoms with Crippen LogP contribution in [0.1, 0.15) is 12.0 Å². The van der Waals surface area contributed by atoms with E-state index in [1.807, 2.05) is 52.0 Å². The molecule has 0 amide bonds. The number of aromatic nitrogens is 4. The molecule has 0 unspecified atom stereocenters. The number of aryl methyl sites for hydroxylation is 2. The van der Waals surface area contributed by atoms with Crippen molar-refractivity contribution in [1.29, 1.82) is 0 Å². The van der Waals surface area contributed by atoms with Gasteiger partial charge in [0.25, 0.3) is 5.56 Å². The number of allylic oxidation sites excluding steroid dienone is 1. The van der Waals surface area contributed by atoms with Crippen LogP contribution in [0.5, 0.6) is 0 Å². The summed E-state index contributed by atoms with van der Waals surface area (Å²) in [4.78, 5) is 32.9. The number of rotatable bonds is 4. The molecule has 5 rings (SSSR count). The van der Waals surface area contributed by atoms with Gasteiger partial charge in [0.15, 0.2) is 11.2 Å². The Kier molecular flexibility index (Phi) is 4.97. The van der Waals surface area contributed by atoms with E-state index < -0.39 is 5.69 Å². The highest BCUT2D eigenvalue weighted by Gasteiger charge is 2.26. The summed E-state index contributed by atoms with van der Waals surface area (Å²) in [6.45, 7) is 1.48. The van der Waals surface area contributed by atoms with E-state index in [0.29, 0.717) is 30.2 Å². The zero-order valence-electron chi connectivity index (χ0n) is 17.6. The van der Waals surface area contributed by atoms with Crippen LogP contribution in [0, 0.1) is 5.82 Å². The van der Waals surface area contributed by atoms with Crippen molar-refractivity contribution in [2.75, 3.05) is 11.4 Å². The monoisotopic (exact) mass is 431 g/mol. The highest BCUT2D eigenvalue weighted by atomic mass is 19.1. The summed E-state index contributed by atoms with van der Waals surface area (Å²) in [6.07, 6.45) is 4.49. The topological polar surface area (TPSA) is 65.1 Å².